The largest absolute Gasteiger partial charge is 0.353 e. The predicted molar refractivity (Wildman–Crippen MR) is 114 cm³/mol. The van der Waals surface area contributed by atoms with E-state index in [1.54, 1.807) is 0 Å². The van der Waals surface area contributed by atoms with Crippen LogP contribution < -0.4 is 5.32 Å². The maximum atomic E-state index is 12.8. The number of nitrogens with zero attached hydrogens (tertiary/aromatic N) is 3. The fraction of sp³-hybridized carbons (Fsp3) is 0.591. The average molecular weight is 419 g/mol. The molecule has 2 heterocycles. The van der Waals surface area contributed by atoms with Gasteiger partial charge in [-0.2, -0.15) is 4.98 Å². The van der Waals surface area contributed by atoms with Gasteiger partial charge in [0.2, 0.25) is 17.6 Å². The van der Waals surface area contributed by atoms with E-state index in [4.69, 9.17) is 16.1 Å². The van der Waals surface area contributed by atoms with Gasteiger partial charge < -0.3 is 9.84 Å². The minimum Gasteiger partial charge on any atom is -0.353 e. The van der Waals surface area contributed by atoms with Crippen LogP contribution in [0.2, 0.25) is 5.02 Å². The third-order valence-electron chi connectivity index (χ3n) is 5.56. The van der Waals surface area contributed by atoms with Crippen LogP contribution in [-0.4, -0.2) is 40.1 Å². The van der Waals surface area contributed by atoms with E-state index in [2.05, 4.69) is 48.1 Å². The molecule has 0 radical (unpaired) electrons. The van der Waals surface area contributed by atoms with Crippen molar-refractivity contribution in [3.05, 3.63) is 35.2 Å². The van der Waals surface area contributed by atoms with Crippen LogP contribution in [0.1, 0.15) is 46.4 Å². The zero-order chi connectivity index (χ0) is 21.0. The molecule has 7 heteroatoms. The highest BCUT2D eigenvalue weighted by Gasteiger charge is 2.29. The number of hydrogen-bond donors (Lipinski definition) is 1. The van der Waals surface area contributed by atoms with Gasteiger partial charge in [0.05, 0.1) is 17.5 Å². The normalized spacial score (nSPS) is 18.0. The molecule has 1 aliphatic rings. The molecule has 1 aliphatic heterocycles. The lowest BCUT2D eigenvalue weighted by molar-refractivity contribution is -0.128. The predicted octanol–water partition coefficient (Wildman–Crippen LogP) is 4.40. The maximum Gasteiger partial charge on any atom is 0.241 e. The van der Waals surface area contributed by atoms with E-state index in [-0.39, 0.29) is 17.9 Å². The fourth-order valence-corrected chi connectivity index (χ4v) is 4.28. The van der Waals surface area contributed by atoms with Crippen molar-refractivity contribution in [1.29, 1.82) is 0 Å². The number of rotatable bonds is 7. The van der Waals surface area contributed by atoms with E-state index in [0.29, 0.717) is 41.7 Å². The van der Waals surface area contributed by atoms with Crippen LogP contribution in [0.25, 0.3) is 11.4 Å². The maximum absolute atomic E-state index is 12.8. The summed E-state index contributed by atoms with van der Waals surface area (Å²) in [4.78, 5) is 19.6. The van der Waals surface area contributed by atoms with Gasteiger partial charge in [-0.3, -0.25) is 9.69 Å². The standard InChI is InChI=1S/C22H31ClN4O2/c1-14(2)20(15(3)4)25-22(28)16-8-7-11-27(12-16)13-19-24-21(26-29-19)17-9-5-6-10-18(17)23/h5-6,9-10,14-16,20H,7-8,11-13H2,1-4H3,(H,25,28). The number of likely N-dealkylation sites (tertiary alicyclic amines) is 1. The molecule has 1 unspecified atom stereocenters. The molecular formula is C22H31ClN4O2. The van der Waals surface area contributed by atoms with E-state index in [0.717, 1.165) is 24.9 Å². The molecule has 3 rings (SSSR count). The molecule has 1 saturated heterocycles. The molecule has 1 amide bonds. The number of carbonyl (C=O) groups is 1. The van der Waals surface area contributed by atoms with Crippen molar-refractivity contribution in [2.24, 2.45) is 17.8 Å². The summed E-state index contributed by atoms with van der Waals surface area (Å²) < 4.78 is 5.44. The molecule has 0 bridgehead atoms. The smallest absolute Gasteiger partial charge is 0.241 e. The first kappa shape index (κ1) is 21.8. The second kappa shape index (κ2) is 9.72. The lowest BCUT2D eigenvalue weighted by Crippen LogP contribution is -2.48. The van der Waals surface area contributed by atoms with Crippen LogP contribution in [0.4, 0.5) is 0 Å². The Balaban J connectivity index is 1.60. The zero-order valence-corrected chi connectivity index (χ0v) is 18.4. The van der Waals surface area contributed by atoms with E-state index >= 15 is 0 Å². The van der Waals surface area contributed by atoms with Gasteiger partial charge in [-0.1, -0.05) is 56.6 Å². The lowest BCUT2D eigenvalue weighted by atomic mass is 9.91. The Hall–Kier alpha value is -1.92. The zero-order valence-electron chi connectivity index (χ0n) is 17.7. The highest BCUT2D eigenvalue weighted by atomic mass is 35.5. The van der Waals surface area contributed by atoms with Crippen LogP contribution in [-0.2, 0) is 11.3 Å². The minimum atomic E-state index is -0.00490. The topological polar surface area (TPSA) is 71.3 Å². The van der Waals surface area contributed by atoms with Gasteiger partial charge in [0.25, 0.3) is 0 Å². The van der Waals surface area contributed by atoms with Crippen molar-refractivity contribution in [2.45, 2.75) is 53.1 Å². The van der Waals surface area contributed by atoms with Gasteiger partial charge in [-0.25, -0.2) is 0 Å². The van der Waals surface area contributed by atoms with Crippen LogP contribution in [0.15, 0.2) is 28.8 Å². The SMILES string of the molecule is CC(C)C(NC(=O)C1CCCN(Cc2nc(-c3ccccc3Cl)no2)C1)C(C)C. The number of carbonyl (C=O) groups excluding carboxylic acids is 1. The third-order valence-corrected chi connectivity index (χ3v) is 5.89. The van der Waals surface area contributed by atoms with Gasteiger partial charge in [0, 0.05) is 18.2 Å². The number of aromatic nitrogens is 2. The Morgan fingerprint density at radius 3 is 2.69 bits per heavy atom. The van der Waals surface area contributed by atoms with E-state index in [1.807, 2.05) is 24.3 Å². The molecular weight excluding hydrogens is 388 g/mol. The number of amides is 1. The van der Waals surface area contributed by atoms with Crippen LogP contribution in [0.3, 0.4) is 0 Å². The molecule has 1 fully saturated rings. The lowest BCUT2D eigenvalue weighted by Gasteiger charge is -2.33. The first-order valence-corrected chi connectivity index (χ1v) is 10.8. The Labute approximate surface area is 178 Å². The summed E-state index contributed by atoms with van der Waals surface area (Å²) in [5.74, 6) is 2.02. The van der Waals surface area contributed by atoms with Crippen molar-refractivity contribution >= 4 is 17.5 Å². The van der Waals surface area contributed by atoms with Gasteiger partial charge in [-0.15, -0.1) is 0 Å². The van der Waals surface area contributed by atoms with Crippen molar-refractivity contribution in [3.8, 4) is 11.4 Å². The molecule has 0 saturated carbocycles. The average Bonchev–Trinajstić information content (AvgIpc) is 3.14. The van der Waals surface area contributed by atoms with E-state index in [9.17, 15) is 4.79 Å². The Kier molecular flexibility index (Phi) is 7.30. The monoisotopic (exact) mass is 418 g/mol. The molecule has 6 nitrogen and oxygen atoms in total. The van der Waals surface area contributed by atoms with Gasteiger partial charge in [0.15, 0.2) is 0 Å². The number of piperidine rings is 1. The summed E-state index contributed by atoms with van der Waals surface area (Å²) in [6, 6.07) is 7.65. The van der Waals surface area contributed by atoms with Crippen LogP contribution >= 0.6 is 11.6 Å². The Morgan fingerprint density at radius 2 is 2.00 bits per heavy atom. The van der Waals surface area contributed by atoms with E-state index in [1.165, 1.54) is 0 Å². The second-order valence-corrected chi connectivity index (χ2v) is 9.00. The molecule has 29 heavy (non-hydrogen) atoms. The molecule has 158 valence electrons. The highest BCUT2D eigenvalue weighted by Crippen LogP contribution is 2.26. The molecule has 1 atom stereocenters. The van der Waals surface area contributed by atoms with Gasteiger partial charge in [0.1, 0.15) is 0 Å². The summed E-state index contributed by atoms with van der Waals surface area (Å²) in [5.41, 5.74) is 0.758. The third kappa shape index (κ3) is 5.58. The Morgan fingerprint density at radius 1 is 1.28 bits per heavy atom. The molecule has 2 aromatic rings. The molecule has 0 spiro atoms. The number of nitrogens with one attached hydrogen (secondary N) is 1. The summed E-state index contributed by atoms with van der Waals surface area (Å²) in [6.07, 6.45) is 1.90. The Bertz CT molecular complexity index is 813. The minimum absolute atomic E-state index is 0.00490. The van der Waals surface area contributed by atoms with Crippen molar-refractivity contribution in [2.75, 3.05) is 13.1 Å². The van der Waals surface area contributed by atoms with Crippen molar-refractivity contribution in [3.63, 3.8) is 0 Å². The molecule has 0 aliphatic carbocycles. The number of benzene rings is 1. The first-order valence-electron chi connectivity index (χ1n) is 10.5. The van der Waals surface area contributed by atoms with Crippen molar-refractivity contribution < 1.29 is 9.32 Å². The summed E-state index contributed by atoms with van der Waals surface area (Å²) >= 11 is 6.22. The summed E-state index contributed by atoms with van der Waals surface area (Å²) in [6.45, 7) is 10.8. The molecule has 1 aromatic carbocycles. The summed E-state index contributed by atoms with van der Waals surface area (Å²) in [5, 5.41) is 7.94. The molecule has 1 N–H and O–H groups in total. The van der Waals surface area contributed by atoms with Gasteiger partial charge in [-0.05, 0) is 43.4 Å². The first-order chi connectivity index (χ1) is 13.8. The summed E-state index contributed by atoms with van der Waals surface area (Å²) in [7, 11) is 0. The van der Waals surface area contributed by atoms with Crippen LogP contribution in [0.5, 0.6) is 0 Å². The molecule has 1 aromatic heterocycles. The quantitative estimate of drug-likeness (QED) is 0.721. The fourth-order valence-electron chi connectivity index (χ4n) is 4.06. The highest BCUT2D eigenvalue weighted by molar-refractivity contribution is 6.33. The van der Waals surface area contributed by atoms with Crippen LogP contribution in [0, 0.1) is 17.8 Å². The van der Waals surface area contributed by atoms with E-state index < -0.39 is 0 Å². The van der Waals surface area contributed by atoms with Gasteiger partial charge >= 0.3 is 0 Å². The number of hydrogen-bond acceptors (Lipinski definition) is 5. The second-order valence-electron chi connectivity index (χ2n) is 8.59. The van der Waals surface area contributed by atoms with Crippen molar-refractivity contribution in [1.82, 2.24) is 20.4 Å². The number of halogens is 1.